The zero-order valence-electron chi connectivity index (χ0n) is 13.8. The Morgan fingerprint density at radius 2 is 1.81 bits per heavy atom. The summed E-state index contributed by atoms with van der Waals surface area (Å²) in [5.41, 5.74) is 2.50. The van der Waals surface area contributed by atoms with Crippen LogP contribution < -0.4 is 10.7 Å². The predicted molar refractivity (Wildman–Crippen MR) is 102 cm³/mol. The molecule has 0 heterocycles. The van der Waals surface area contributed by atoms with E-state index >= 15 is 0 Å². The first kappa shape index (κ1) is 21.3. The molecule has 2 N–H and O–H groups in total. The third-order valence-corrected chi connectivity index (χ3v) is 4.71. The van der Waals surface area contributed by atoms with Crippen LogP contribution in [0.4, 0.5) is 18.9 Å². The van der Waals surface area contributed by atoms with Crippen molar-refractivity contribution < 1.29 is 18.0 Å². The first-order valence-electron chi connectivity index (χ1n) is 7.47. The minimum absolute atomic E-state index is 0.160. The number of halogens is 6. The number of carbonyl (C=O) groups excluding carboxylic acids is 1. The standard InChI is InChI=1S/C17H13Cl3F3N3O/c1-9(12-5-6-13(18)16(20)15(12)19)25-26-14(27)8-24-11-4-2-3-10(7-11)17(21,22)23/h2-7,24H,8H2,1H3,(H,26,27)/b25-9-. The fourth-order valence-electron chi connectivity index (χ4n) is 2.04. The van der Waals surface area contributed by atoms with Crippen molar-refractivity contribution in [1.82, 2.24) is 5.43 Å². The maximum absolute atomic E-state index is 12.7. The average molecular weight is 439 g/mol. The summed E-state index contributed by atoms with van der Waals surface area (Å²) >= 11 is 17.9. The zero-order valence-corrected chi connectivity index (χ0v) is 16.1. The highest BCUT2D eigenvalue weighted by atomic mass is 35.5. The molecule has 0 radical (unpaired) electrons. The van der Waals surface area contributed by atoms with Gasteiger partial charge < -0.3 is 5.32 Å². The molecule has 0 aliphatic carbocycles. The van der Waals surface area contributed by atoms with Gasteiger partial charge in [0, 0.05) is 11.3 Å². The monoisotopic (exact) mass is 437 g/mol. The van der Waals surface area contributed by atoms with E-state index in [0.717, 1.165) is 12.1 Å². The number of carbonyl (C=O) groups is 1. The van der Waals surface area contributed by atoms with E-state index in [2.05, 4.69) is 15.8 Å². The first-order valence-corrected chi connectivity index (χ1v) is 8.61. The summed E-state index contributed by atoms with van der Waals surface area (Å²) in [5.74, 6) is -0.553. The van der Waals surface area contributed by atoms with Gasteiger partial charge in [0.15, 0.2) is 0 Å². The number of hydrazone groups is 1. The van der Waals surface area contributed by atoms with Crippen LogP contribution in [0.25, 0.3) is 0 Å². The quantitative estimate of drug-likeness (QED) is 0.362. The zero-order chi connectivity index (χ0) is 20.2. The van der Waals surface area contributed by atoms with Gasteiger partial charge in [0.05, 0.1) is 32.9 Å². The third-order valence-electron chi connectivity index (χ3n) is 3.42. The van der Waals surface area contributed by atoms with E-state index in [4.69, 9.17) is 34.8 Å². The lowest BCUT2D eigenvalue weighted by molar-refractivity contribution is -0.137. The van der Waals surface area contributed by atoms with E-state index in [9.17, 15) is 18.0 Å². The van der Waals surface area contributed by atoms with Crippen molar-refractivity contribution in [2.75, 3.05) is 11.9 Å². The Labute approximate surface area is 168 Å². The smallest absolute Gasteiger partial charge is 0.376 e. The van der Waals surface area contributed by atoms with Crippen LogP contribution in [0.2, 0.25) is 15.1 Å². The number of nitrogens with zero attached hydrogens (tertiary/aromatic N) is 1. The minimum atomic E-state index is -4.46. The molecule has 0 fully saturated rings. The number of alkyl halides is 3. The second kappa shape index (κ2) is 8.82. The molecule has 0 atom stereocenters. The summed E-state index contributed by atoms with van der Waals surface area (Å²) in [6.45, 7) is 1.33. The molecular weight excluding hydrogens is 426 g/mol. The number of nitrogens with one attached hydrogen (secondary N) is 2. The maximum atomic E-state index is 12.7. The molecule has 0 unspecified atom stereocenters. The molecule has 0 aliphatic heterocycles. The Morgan fingerprint density at radius 1 is 1.11 bits per heavy atom. The summed E-state index contributed by atoms with van der Waals surface area (Å²) in [7, 11) is 0. The third kappa shape index (κ3) is 5.76. The fourth-order valence-corrected chi connectivity index (χ4v) is 2.71. The Hall–Kier alpha value is -1.96. The highest BCUT2D eigenvalue weighted by Gasteiger charge is 2.30. The first-order chi connectivity index (χ1) is 12.6. The molecule has 0 saturated heterocycles. The molecule has 2 rings (SSSR count). The van der Waals surface area contributed by atoms with Crippen molar-refractivity contribution in [2.24, 2.45) is 5.10 Å². The van der Waals surface area contributed by atoms with E-state index < -0.39 is 17.6 Å². The fraction of sp³-hybridized carbons (Fsp3) is 0.176. The molecule has 0 spiro atoms. The van der Waals surface area contributed by atoms with Crippen molar-refractivity contribution in [3.8, 4) is 0 Å². The van der Waals surface area contributed by atoms with Gasteiger partial charge in [0.1, 0.15) is 0 Å². The van der Waals surface area contributed by atoms with Gasteiger partial charge in [-0.25, -0.2) is 5.43 Å². The van der Waals surface area contributed by atoms with E-state index in [1.165, 1.54) is 12.1 Å². The normalized spacial score (nSPS) is 12.0. The van der Waals surface area contributed by atoms with Crippen LogP contribution in [0.1, 0.15) is 18.1 Å². The molecule has 0 aliphatic rings. The van der Waals surface area contributed by atoms with Crippen LogP contribution in [-0.4, -0.2) is 18.2 Å². The molecule has 4 nitrogen and oxygen atoms in total. The predicted octanol–water partition coefficient (Wildman–Crippen LogP) is 5.62. The van der Waals surface area contributed by atoms with Crippen LogP contribution in [-0.2, 0) is 11.0 Å². The Kier molecular flexibility index (Phi) is 6.97. The number of amides is 1. The van der Waals surface area contributed by atoms with Gasteiger partial charge in [-0.3, -0.25) is 4.79 Å². The summed E-state index contributed by atoms with van der Waals surface area (Å²) in [6.07, 6.45) is -4.46. The van der Waals surface area contributed by atoms with Crippen molar-refractivity contribution >= 4 is 52.1 Å². The van der Waals surface area contributed by atoms with Gasteiger partial charge in [-0.1, -0.05) is 46.9 Å². The van der Waals surface area contributed by atoms with Gasteiger partial charge in [-0.05, 0) is 31.2 Å². The molecule has 0 saturated carbocycles. The van der Waals surface area contributed by atoms with Gasteiger partial charge in [0.25, 0.3) is 5.91 Å². The SMILES string of the molecule is C/C(=N/NC(=O)CNc1cccc(C(F)(F)F)c1)c1ccc(Cl)c(Cl)c1Cl. The lowest BCUT2D eigenvalue weighted by Crippen LogP contribution is -2.27. The lowest BCUT2D eigenvalue weighted by atomic mass is 10.1. The van der Waals surface area contributed by atoms with Crippen molar-refractivity contribution in [1.29, 1.82) is 0 Å². The van der Waals surface area contributed by atoms with Crippen molar-refractivity contribution in [2.45, 2.75) is 13.1 Å². The molecule has 0 bridgehead atoms. The van der Waals surface area contributed by atoms with E-state index in [0.29, 0.717) is 11.3 Å². The van der Waals surface area contributed by atoms with Crippen LogP contribution in [0.15, 0.2) is 41.5 Å². The highest BCUT2D eigenvalue weighted by molar-refractivity contribution is 6.49. The van der Waals surface area contributed by atoms with Gasteiger partial charge in [-0.15, -0.1) is 0 Å². The molecule has 0 aromatic heterocycles. The van der Waals surface area contributed by atoms with Crippen LogP contribution in [0.5, 0.6) is 0 Å². The second-order valence-electron chi connectivity index (χ2n) is 5.39. The molecule has 2 aromatic rings. The van der Waals surface area contributed by atoms with Crippen molar-refractivity contribution in [3.63, 3.8) is 0 Å². The van der Waals surface area contributed by atoms with Gasteiger partial charge in [-0.2, -0.15) is 18.3 Å². The minimum Gasteiger partial charge on any atom is -0.376 e. The summed E-state index contributed by atoms with van der Waals surface area (Å²) in [4.78, 5) is 11.9. The van der Waals surface area contributed by atoms with Crippen LogP contribution >= 0.6 is 34.8 Å². The maximum Gasteiger partial charge on any atom is 0.416 e. The Bertz CT molecular complexity index is 885. The average Bonchev–Trinajstić information content (AvgIpc) is 2.62. The Morgan fingerprint density at radius 3 is 2.48 bits per heavy atom. The molecule has 27 heavy (non-hydrogen) atoms. The number of benzene rings is 2. The number of rotatable bonds is 5. The van der Waals surface area contributed by atoms with Crippen LogP contribution in [0, 0.1) is 0 Å². The topological polar surface area (TPSA) is 53.5 Å². The van der Waals surface area contributed by atoms with E-state index in [1.54, 1.807) is 19.1 Å². The molecule has 144 valence electrons. The summed E-state index contributed by atoms with van der Waals surface area (Å²) in [5, 5.41) is 7.16. The summed E-state index contributed by atoms with van der Waals surface area (Å²) in [6, 6.07) is 7.67. The summed E-state index contributed by atoms with van der Waals surface area (Å²) < 4.78 is 38.0. The largest absolute Gasteiger partial charge is 0.416 e. The van der Waals surface area contributed by atoms with E-state index in [-0.39, 0.29) is 27.3 Å². The van der Waals surface area contributed by atoms with Crippen molar-refractivity contribution in [3.05, 3.63) is 62.6 Å². The molecule has 1 amide bonds. The number of anilines is 1. The number of hydrogen-bond donors (Lipinski definition) is 2. The van der Waals surface area contributed by atoms with Gasteiger partial charge in [0.2, 0.25) is 0 Å². The molecule has 10 heteroatoms. The van der Waals surface area contributed by atoms with Gasteiger partial charge >= 0.3 is 6.18 Å². The Balaban J connectivity index is 1.98. The molecule has 2 aromatic carbocycles. The molecular formula is C17H13Cl3F3N3O. The number of hydrogen-bond acceptors (Lipinski definition) is 3. The highest BCUT2D eigenvalue weighted by Crippen LogP contribution is 2.33. The second-order valence-corrected chi connectivity index (χ2v) is 6.55. The lowest BCUT2D eigenvalue weighted by Gasteiger charge is -2.10. The van der Waals surface area contributed by atoms with Crippen LogP contribution in [0.3, 0.4) is 0 Å². The van der Waals surface area contributed by atoms with E-state index in [1.807, 2.05) is 0 Å².